The summed E-state index contributed by atoms with van der Waals surface area (Å²) in [5, 5.41) is 2.77. The molecule has 0 bridgehead atoms. The van der Waals surface area contributed by atoms with Gasteiger partial charge in [0.1, 0.15) is 0 Å². The Labute approximate surface area is 186 Å². The van der Waals surface area contributed by atoms with Gasteiger partial charge in [0.05, 0.1) is 17.1 Å². The summed E-state index contributed by atoms with van der Waals surface area (Å²) in [6, 6.07) is 9.51. The number of aromatic nitrogens is 1. The Hall–Kier alpha value is -2.25. The normalized spacial score (nSPS) is 12.0. The Morgan fingerprint density at radius 2 is 1.58 bits per heavy atom. The molecule has 0 fully saturated rings. The zero-order valence-electron chi connectivity index (χ0n) is 19.4. The van der Waals surface area contributed by atoms with Crippen molar-refractivity contribution in [1.29, 1.82) is 0 Å². The van der Waals surface area contributed by atoms with Crippen molar-refractivity contribution in [2.24, 2.45) is 0 Å². The van der Waals surface area contributed by atoms with E-state index in [9.17, 15) is 13.2 Å². The largest absolute Gasteiger partial charge is 0.350 e. The molecule has 1 aromatic heterocycles. The molecule has 0 unspecified atom stereocenters. The molecule has 1 amide bonds. The van der Waals surface area contributed by atoms with Gasteiger partial charge < -0.3 is 5.32 Å². The van der Waals surface area contributed by atoms with E-state index in [2.05, 4.69) is 28.9 Å². The fourth-order valence-electron chi connectivity index (χ4n) is 3.35. The van der Waals surface area contributed by atoms with Crippen molar-refractivity contribution in [3.63, 3.8) is 0 Å². The van der Waals surface area contributed by atoms with E-state index in [4.69, 9.17) is 0 Å². The third-order valence-corrected chi connectivity index (χ3v) is 6.78. The smallest absolute Gasteiger partial charge is 0.241 e. The van der Waals surface area contributed by atoms with E-state index in [0.717, 1.165) is 22.4 Å². The highest BCUT2D eigenvalue weighted by Gasteiger charge is 2.26. The van der Waals surface area contributed by atoms with Crippen LogP contribution >= 0.6 is 0 Å². The lowest BCUT2D eigenvalue weighted by molar-refractivity contribution is -0.121. The van der Waals surface area contributed by atoms with Crippen molar-refractivity contribution >= 4 is 15.9 Å². The van der Waals surface area contributed by atoms with Gasteiger partial charge >= 0.3 is 0 Å². The molecule has 31 heavy (non-hydrogen) atoms. The van der Waals surface area contributed by atoms with Crippen LogP contribution in [-0.4, -0.2) is 25.9 Å². The van der Waals surface area contributed by atoms with Gasteiger partial charge in [-0.25, -0.2) is 13.1 Å². The number of amides is 1. The molecule has 0 saturated heterocycles. The fraction of sp³-hybridized carbons (Fsp3) is 0.500. The van der Waals surface area contributed by atoms with Gasteiger partial charge in [0.25, 0.3) is 0 Å². The first-order valence-corrected chi connectivity index (χ1v) is 12.3. The molecular weight excluding hydrogens is 410 g/mol. The number of sulfonamides is 1. The third-order valence-electron chi connectivity index (χ3n) is 5.19. The van der Waals surface area contributed by atoms with Crippen molar-refractivity contribution in [3.05, 3.63) is 58.9 Å². The molecule has 0 spiro atoms. The summed E-state index contributed by atoms with van der Waals surface area (Å²) in [6.07, 6.45) is 1.73. The molecule has 1 aromatic carbocycles. The first-order chi connectivity index (χ1) is 14.5. The van der Waals surface area contributed by atoms with Crippen LogP contribution < -0.4 is 10.0 Å². The van der Waals surface area contributed by atoms with Gasteiger partial charge in [-0.1, -0.05) is 59.7 Å². The van der Waals surface area contributed by atoms with Crippen LogP contribution in [-0.2, 0) is 21.4 Å². The van der Waals surface area contributed by atoms with Crippen LogP contribution in [0.1, 0.15) is 88.1 Å². The van der Waals surface area contributed by atoms with Gasteiger partial charge in [0, 0.05) is 19.2 Å². The van der Waals surface area contributed by atoms with Crippen molar-refractivity contribution in [1.82, 2.24) is 15.0 Å². The van der Waals surface area contributed by atoms with Crippen LogP contribution in [0.25, 0.3) is 0 Å². The second-order valence-electron chi connectivity index (χ2n) is 8.74. The van der Waals surface area contributed by atoms with E-state index in [0.29, 0.717) is 17.4 Å². The van der Waals surface area contributed by atoms with Gasteiger partial charge in [-0.15, -0.1) is 0 Å². The molecule has 0 atom stereocenters. The van der Waals surface area contributed by atoms with Gasteiger partial charge in [0.15, 0.2) is 0 Å². The van der Waals surface area contributed by atoms with Crippen LogP contribution in [0, 0.1) is 0 Å². The number of carbonyl (C=O) groups excluding carboxylic acids is 1. The number of nitrogens with zero attached hydrogens (tertiary/aromatic N) is 1. The molecule has 0 aliphatic heterocycles. The molecule has 2 aromatic rings. The van der Waals surface area contributed by atoms with Crippen LogP contribution in [0.5, 0.6) is 0 Å². The quantitative estimate of drug-likeness (QED) is 0.566. The molecule has 0 aliphatic rings. The van der Waals surface area contributed by atoms with Gasteiger partial charge in [-0.3, -0.25) is 9.78 Å². The Morgan fingerprint density at radius 3 is 2.06 bits per heavy atom. The zero-order chi connectivity index (χ0) is 23.2. The Kier molecular flexibility index (Phi) is 8.77. The molecule has 0 radical (unpaired) electrons. The van der Waals surface area contributed by atoms with Gasteiger partial charge in [0.2, 0.25) is 15.9 Å². The average molecular weight is 446 g/mol. The van der Waals surface area contributed by atoms with Gasteiger partial charge in [-0.05, 0) is 46.6 Å². The molecule has 2 N–H and O–H groups in total. The maximum Gasteiger partial charge on any atom is 0.241 e. The van der Waals surface area contributed by atoms with Crippen molar-refractivity contribution in [2.75, 3.05) is 6.54 Å². The maximum absolute atomic E-state index is 13.3. The van der Waals surface area contributed by atoms with Crippen LogP contribution in [0.15, 0.2) is 41.4 Å². The fourth-order valence-corrected chi connectivity index (χ4v) is 5.08. The van der Waals surface area contributed by atoms with E-state index >= 15 is 0 Å². The standard InChI is InChI=1S/C24H35N3O3S/c1-16(2)19-13-21(17(3)4)24(22(14-19)18(5)6)31(29,30)27-12-10-23(28)26-15-20-9-7-8-11-25-20/h7-9,11,13-14,16-18,27H,10,12,15H2,1-6H3,(H,26,28). The predicted octanol–water partition coefficient (Wildman–Crippen LogP) is 4.44. The molecular formula is C24H35N3O3S. The maximum atomic E-state index is 13.3. The summed E-state index contributed by atoms with van der Waals surface area (Å²) in [4.78, 5) is 16.6. The second kappa shape index (κ2) is 10.9. The number of rotatable bonds is 10. The van der Waals surface area contributed by atoms with Crippen molar-refractivity contribution in [2.45, 2.75) is 77.2 Å². The summed E-state index contributed by atoms with van der Waals surface area (Å²) >= 11 is 0. The highest BCUT2D eigenvalue weighted by atomic mass is 32.2. The molecule has 7 heteroatoms. The Balaban J connectivity index is 2.16. The van der Waals surface area contributed by atoms with Crippen LogP contribution in [0.2, 0.25) is 0 Å². The zero-order valence-corrected chi connectivity index (χ0v) is 20.2. The molecule has 2 rings (SSSR count). The highest BCUT2D eigenvalue weighted by Crippen LogP contribution is 2.34. The molecule has 1 heterocycles. The lowest BCUT2D eigenvalue weighted by Gasteiger charge is -2.23. The molecule has 0 aliphatic carbocycles. The van der Waals surface area contributed by atoms with Gasteiger partial charge in [-0.2, -0.15) is 0 Å². The SMILES string of the molecule is CC(C)c1cc(C(C)C)c(S(=O)(=O)NCCC(=O)NCc2ccccn2)c(C(C)C)c1. The summed E-state index contributed by atoms with van der Waals surface area (Å²) in [7, 11) is -3.76. The highest BCUT2D eigenvalue weighted by molar-refractivity contribution is 7.89. The molecule has 6 nitrogen and oxygen atoms in total. The van der Waals surface area contributed by atoms with E-state index in [-0.39, 0.29) is 30.7 Å². The van der Waals surface area contributed by atoms with Crippen LogP contribution in [0.3, 0.4) is 0 Å². The number of nitrogens with one attached hydrogen (secondary N) is 2. The summed E-state index contributed by atoms with van der Waals surface area (Å²) < 4.78 is 29.2. The van der Waals surface area contributed by atoms with E-state index in [1.54, 1.807) is 6.20 Å². The van der Waals surface area contributed by atoms with Crippen molar-refractivity contribution in [3.8, 4) is 0 Å². The lowest BCUT2D eigenvalue weighted by atomic mass is 9.89. The topological polar surface area (TPSA) is 88.2 Å². The summed E-state index contributed by atoms with van der Waals surface area (Å²) in [5.74, 6) is 0.202. The third kappa shape index (κ3) is 6.87. The Morgan fingerprint density at radius 1 is 0.968 bits per heavy atom. The number of carbonyl (C=O) groups is 1. The number of hydrogen-bond acceptors (Lipinski definition) is 4. The minimum absolute atomic E-state index is 0.0391. The van der Waals surface area contributed by atoms with E-state index in [1.165, 1.54) is 0 Å². The van der Waals surface area contributed by atoms with Crippen LogP contribution in [0.4, 0.5) is 0 Å². The first kappa shape index (κ1) is 25.0. The average Bonchev–Trinajstić information content (AvgIpc) is 2.71. The van der Waals surface area contributed by atoms with Crippen molar-refractivity contribution < 1.29 is 13.2 Å². The number of hydrogen-bond donors (Lipinski definition) is 2. The predicted molar refractivity (Wildman–Crippen MR) is 125 cm³/mol. The first-order valence-electron chi connectivity index (χ1n) is 10.9. The minimum Gasteiger partial charge on any atom is -0.350 e. The Bertz CT molecular complexity index is 955. The number of pyridine rings is 1. The van der Waals surface area contributed by atoms with E-state index < -0.39 is 10.0 Å². The van der Waals surface area contributed by atoms with E-state index in [1.807, 2.05) is 58.0 Å². The second-order valence-corrected chi connectivity index (χ2v) is 10.4. The molecule has 170 valence electrons. The lowest BCUT2D eigenvalue weighted by Crippen LogP contribution is -2.32. The summed E-state index contributed by atoms with van der Waals surface area (Å²) in [5.41, 5.74) is 3.54. The monoisotopic (exact) mass is 445 g/mol. The molecule has 0 saturated carbocycles. The minimum atomic E-state index is -3.76. The number of benzene rings is 1. The summed E-state index contributed by atoms with van der Waals surface area (Å²) in [6.45, 7) is 12.6.